The van der Waals surface area contributed by atoms with Crippen molar-refractivity contribution in [3.63, 3.8) is 0 Å². The second kappa shape index (κ2) is 3.79. The minimum absolute atomic E-state index is 0.0759. The number of nitrogens with zero attached hydrogens (tertiary/aromatic N) is 2. The Labute approximate surface area is 81.1 Å². The maximum Gasteiger partial charge on any atom is 0.309 e. The number of hydrogen-bond acceptors (Lipinski definition) is 2. The summed E-state index contributed by atoms with van der Waals surface area (Å²) < 4.78 is 1.62. The summed E-state index contributed by atoms with van der Waals surface area (Å²) >= 11 is 5.89. The smallest absolute Gasteiger partial charge is 0.309 e. The van der Waals surface area contributed by atoms with Crippen molar-refractivity contribution in [2.24, 2.45) is 0 Å². The predicted octanol–water partition coefficient (Wildman–Crippen LogP) is 1.49. The second-order valence-electron chi connectivity index (χ2n) is 2.73. The molecule has 0 aliphatic carbocycles. The molecule has 1 N–H and O–H groups in total. The molecule has 1 aromatic rings. The molecule has 72 valence electrons. The number of aryl methyl sites for hydroxylation is 2. The highest BCUT2D eigenvalue weighted by atomic mass is 35.5. The first-order valence-corrected chi connectivity index (χ1v) is 4.37. The van der Waals surface area contributed by atoms with Gasteiger partial charge in [0.15, 0.2) is 0 Å². The first-order chi connectivity index (χ1) is 6.06. The summed E-state index contributed by atoms with van der Waals surface area (Å²) in [7, 11) is 0. The van der Waals surface area contributed by atoms with Gasteiger partial charge < -0.3 is 5.11 Å². The number of aliphatic carboxylic acids is 1. The van der Waals surface area contributed by atoms with E-state index in [2.05, 4.69) is 5.10 Å². The van der Waals surface area contributed by atoms with Crippen LogP contribution in [-0.2, 0) is 17.8 Å². The van der Waals surface area contributed by atoms with Crippen molar-refractivity contribution in [1.82, 2.24) is 9.78 Å². The molecule has 0 fully saturated rings. The molecule has 0 radical (unpaired) electrons. The lowest BCUT2D eigenvalue weighted by atomic mass is 10.3. The molecule has 0 aliphatic heterocycles. The van der Waals surface area contributed by atoms with E-state index in [1.165, 1.54) is 0 Å². The number of rotatable bonds is 3. The van der Waals surface area contributed by atoms with Crippen LogP contribution in [0.25, 0.3) is 0 Å². The standard InChI is InChI=1S/C8H11ClN2O2/c1-3-11-6(4-7(12)13)8(9)5(2)10-11/h3-4H2,1-2H3,(H,12,13). The Balaban J connectivity index is 3.08. The fourth-order valence-corrected chi connectivity index (χ4v) is 1.38. The fourth-order valence-electron chi connectivity index (χ4n) is 1.18. The number of carboxylic acid groups (broad SMARTS) is 1. The van der Waals surface area contributed by atoms with E-state index in [1.54, 1.807) is 11.6 Å². The third kappa shape index (κ3) is 2.01. The third-order valence-corrected chi connectivity index (χ3v) is 2.26. The molecular weight excluding hydrogens is 192 g/mol. The lowest BCUT2D eigenvalue weighted by molar-refractivity contribution is -0.136. The summed E-state index contributed by atoms with van der Waals surface area (Å²) in [5.41, 5.74) is 1.26. The van der Waals surface area contributed by atoms with Gasteiger partial charge in [-0.2, -0.15) is 5.10 Å². The van der Waals surface area contributed by atoms with E-state index in [1.807, 2.05) is 6.92 Å². The first-order valence-electron chi connectivity index (χ1n) is 3.99. The van der Waals surface area contributed by atoms with Crippen LogP contribution in [0.3, 0.4) is 0 Å². The SMILES string of the molecule is CCn1nc(C)c(Cl)c1CC(=O)O. The zero-order chi connectivity index (χ0) is 10.0. The highest BCUT2D eigenvalue weighted by molar-refractivity contribution is 6.32. The molecule has 4 nitrogen and oxygen atoms in total. The molecule has 0 atom stereocenters. The van der Waals surface area contributed by atoms with Gasteiger partial charge in [-0.3, -0.25) is 9.48 Å². The number of carbonyl (C=O) groups is 1. The van der Waals surface area contributed by atoms with Gasteiger partial charge >= 0.3 is 5.97 Å². The van der Waals surface area contributed by atoms with Crippen LogP contribution in [0, 0.1) is 6.92 Å². The average molecular weight is 203 g/mol. The van der Waals surface area contributed by atoms with Gasteiger partial charge in [0.05, 0.1) is 22.8 Å². The second-order valence-corrected chi connectivity index (χ2v) is 3.11. The van der Waals surface area contributed by atoms with E-state index in [9.17, 15) is 4.79 Å². The van der Waals surface area contributed by atoms with E-state index >= 15 is 0 Å². The van der Waals surface area contributed by atoms with Crippen molar-refractivity contribution in [1.29, 1.82) is 0 Å². The van der Waals surface area contributed by atoms with E-state index in [0.717, 1.165) is 0 Å². The molecule has 13 heavy (non-hydrogen) atoms. The molecule has 0 amide bonds. The van der Waals surface area contributed by atoms with Crippen molar-refractivity contribution in [2.75, 3.05) is 0 Å². The lowest BCUT2D eigenvalue weighted by Gasteiger charge is -2.01. The number of aromatic nitrogens is 2. The van der Waals surface area contributed by atoms with Gasteiger partial charge in [0.1, 0.15) is 0 Å². The summed E-state index contributed by atoms with van der Waals surface area (Å²) in [6.45, 7) is 4.30. The lowest BCUT2D eigenvalue weighted by Crippen LogP contribution is -2.08. The molecule has 0 saturated carbocycles. The summed E-state index contributed by atoms with van der Waals surface area (Å²) in [5, 5.41) is 13.2. The zero-order valence-electron chi connectivity index (χ0n) is 7.54. The Morgan fingerprint density at radius 1 is 1.69 bits per heavy atom. The average Bonchev–Trinajstić information content (AvgIpc) is 2.31. The van der Waals surface area contributed by atoms with E-state index in [0.29, 0.717) is 23.0 Å². The molecule has 5 heteroatoms. The highest BCUT2D eigenvalue weighted by Gasteiger charge is 2.14. The van der Waals surface area contributed by atoms with Gasteiger partial charge in [-0.1, -0.05) is 11.6 Å². The van der Waals surface area contributed by atoms with E-state index in [4.69, 9.17) is 16.7 Å². The Morgan fingerprint density at radius 3 is 2.77 bits per heavy atom. The highest BCUT2D eigenvalue weighted by Crippen LogP contribution is 2.20. The molecule has 1 aromatic heterocycles. The van der Waals surface area contributed by atoms with Crippen LogP contribution >= 0.6 is 11.6 Å². The monoisotopic (exact) mass is 202 g/mol. The molecule has 0 unspecified atom stereocenters. The van der Waals surface area contributed by atoms with Gasteiger partial charge in [-0.25, -0.2) is 0 Å². The molecule has 1 rings (SSSR count). The van der Waals surface area contributed by atoms with Gasteiger partial charge in [0.2, 0.25) is 0 Å². The normalized spacial score (nSPS) is 10.4. The van der Waals surface area contributed by atoms with Crippen molar-refractivity contribution < 1.29 is 9.90 Å². The van der Waals surface area contributed by atoms with Gasteiger partial charge in [-0.05, 0) is 13.8 Å². The number of hydrogen-bond donors (Lipinski definition) is 1. The first kappa shape index (κ1) is 10.1. The molecular formula is C8H11ClN2O2. The van der Waals surface area contributed by atoms with Crippen LogP contribution in [0.2, 0.25) is 5.02 Å². The Bertz CT molecular complexity index is 333. The molecule has 0 aliphatic rings. The van der Waals surface area contributed by atoms with E-state index in [-0.39, 0.29) is 6.42 Å². The maximum absolute atomic E-state index is 10.5. The van der Waals surface area contributed by atoms with Crippen LogP contribution < -0.4 is 0 Å². The molecule has 0 spiro atoms. The van der Waals surface area contributed by atoms with E-state index < -0.39 is 5.97 Å². The summed E-state index contributed by atoms with van der Waals surface area (Å²) in [5.74, 6) is -0.892. The molecule has 0 aromatic carbocycles. The van der Waals surface area contributed by atoms with Crippen LogP contribution in [0.5, 0.6) is 0 Å². The zero-order valence-corrected chi connectivity index (χ0v) is 8.30. The van der Waals surface area contributed by atoms with Gasteiger partial charge in [0.25, 0.3) is 0 Å². The summed E-state index contributed by atoms with van der Waals surface area (Å²) in [4.78, 5) is 10.5. The maximum atomic E-state index is 10.5. The van der Waals surface area contributed by atoms with Crippen LogP contribution in [0.15, 0.2) is 0 Å². The number of halogens is 1. The number of carboxylic acids is 1. The fraction of sp³-hybridized carbons (Fsp3) is 0.500. The Hall–Kier alpha value is -1.03. The third-order valence-electron chi connectivity index (χ3n) is 1.77. The van der Waals surface area contributed by atoms with Crippen LogP contribution in [-0.4, -0.2) is 20.9 Å². The van der Waals surface area contributed by atoms with Crippen LogP contribution in [0.1, 0.15) is 18.3 Å². The molecule has 0 saturated heterocycles. The van der Waals surface area contributed by atoms with Crippen molar-refractivity contribution in [2.45, 2.75) is 26.8 Å². The minimum Gasteiger partial charge on any atom is -0.481 e. The minimum atomic E-state index is -0.892. The largest absolute Gasteiger partial charge is 0.481 e. The quantitative estimate of drug-likeness (QED) is 0.808. The van der Waals surface area contributed by atoms with Gasteiger partial charge in [-0.15, -0.1) is 0 Å². The van der Waals surface area contributed by atoms with Crippen molar-refractivity contribution in [3.05, 3.63) is 16.4 Å². The molecule has 0 bridgehead atoms. The molecule has 1 heterocycles. The van der Waals surface area contributed by atoms with Crippen molar-refractivity contribution >= 4 is 17.6 Å². The topological polar surface area (TPSA) is 55.1 Å². The summed E-state index contributed by atoms with van der Waals surface area (Å²) in [6.07, 6.45) is -0.0759. The van der Waals surface area contributed by atoms with Crippen LogP contribution in [0.4, 0.5) is 0 Å². The Kier molecular flexibility index (Phi) is 2.93. The van der Waals surface area contributed by atoms with Crippen molar-refractivity contribution in [3.8, 4) is 0 Å². The summed E-state index contributed by atoms with van der Waals surface area (Å²) in [6, 6.07) is 0. The van der Waals surface area contributed by atoms with Gasteiger partial charge in [0, 0.05) is 6.54 Å². The predicted molar refractivity (Wildman–Crippen MR) is 49.0 cm³/mol. The Morgan fingerprint density at radius 2 is 2.31 bits per heavy atom.